The van der Waals surface area contributed by atoms with Gasteiger partial charge in [0.1, 0.15) is 0 Å². The van der Waals surface area contributed by atoms with Gasteiger partial charge in [-0.25, -0.2) is 0 Å². The lowest BCUT2D eigenvalue weighted by Crippen LogP contribution is -1.93. The van der Waals surface area contributed by atoms with Gasteiger partial charge in [0.05, 0.1) is 0 Å². The van der Waals surface area contributed by atoms with Gasteiger partial charge in [0.2, 0.25) is 0 Å². The highest BCUT2D eigenvalue weighted by atomic mass is 33.1. The zero-order chi connectivity index (χ0) is 11.4. The van der Waals surface area contributed by atoms with Crippen molar-refractivity contribution in [2.75, 3.05) is 5.75 Å². The fourth-order valence-electron chi connectivity index (χ4n) is 1.48. The normalized spacial score (nSPS) is 13.0. The molecule has 0 aromatic rings. The van der Waals surface area contributed by atoms with Crippen molar-refractivity contribution >= 4 is 21.6 Å². The van der Waals surface area contributed by atoms with Crippen molar-refractivity contribution in [3.63, 3.8) is 0 Å². The van der Waals surface area contributed by atoms with Crippen LogP contribution in [0, 0.1) is 0 Å². The fraction of sp³-hybridized carbons (Fsp3) is 1.00. The Morgan fingerprint density at radius 3 is 2.20 bits per heavy atom. The number of rotatable bonds is 11. The van der Waals surface area contributed by atoms with Crippen molar-refractivity contribution in [1.29, 1.82) is 0 Å². The first-order valence-electron chi connectivity index (χ1n) is 6.59. The molecule has 1 unspecified atom stereocenters. The van der Waals surface area contributed by atoms with Crippen molar-refractivity contribution in [3.8, 4) is 0 Å². The maximum absolute atomic E-state index is 2.37. The van der Waals surface area contributed by atoms with Crippen molar-refractivity contribution in [3.05, 3.63) is 0 Å². The summed E-state index contributed by atoms with van der Waals surface area (Å²) in [5, 5.41) is 0.854. The van der Waals surface area contributed by atoms with Crippen LogP contribution < -0.4 is 0 Å². The summed E-state index contributed by atoms with van der Waals surface area (Å²) in [7, 11) is 4.19. The Bertz CT molecular complexity index is 115. The largest absolute Gasteiger partial charge is 0.0939 e. The summed E-state index contributed by atoms with van der Waals surface area (Å²) in [4.78, 5) is 0. The summed E-state index contributed by atoms with van der Waals surface area (Å²) < 4.78 is 0. The zero-order valence-electron chi connectivity index (χ0n) is 10.8. The second-order valence-electron chi connectivity index (χ2n) is 4.29. The molecular weight excluding hydrogens is 220 g/mol. The number of unbranched alkanes of at least 4 members (excludes halogenated alkanes) is 5. The Morgan fingerprint density at radius 1 is 0.867 bits per heavy atom. The van der Waals surface area contributed by atoms with Crippen LogP contribution in [0.4, 0.5) is 0 Å². The van der Waals surface area contributed by atoms with Crippen LogP contribution in [0.15, 0.2) is 0 Å². The Kier molecular flexibility index (Phi) is 13.4. The molecule has 0 bridgehead atoms. The monoisotopic (exact) mass is 248 g/mol. The van der Waals surface area contributed by atoms with Crippen molar-refractivity contribution < 1.29 is 0 Å². The highest BCUT2D eigenvalue weighted by molar-refractivity contribution is 8.76. The molecule has 0 saturated heterocycles. The van der Waals surface area contributed by atoms with Crippen LogP contribution in [0.25, 0.3) is 0 Å². The first-order valence-corrected chi connectivity index (χ1v) is 8.97. The van der Waals surface area contributed by atoms with Gasteiger partial charge >= 0.3 is 0 Å². The lowest BCUT2D eigenvalue weighted by atomic mass is 10.2. The van der Waals surface area contributed by atoms with Gasteiger partial charge in [-0.3, -0.25) is 0 Å². The van der Waals surface area contributed by atoms with Crippen LogP contribution in [0.5, 0.6) is 0 Å². The third-order valence-electron chi connectivity index (χ3n) is 2.53. The van der Waals surface area contributed by atoms with E-state index in [4.69, 9.17) is 0 Å². The van der Waals surface area contributed by atoms with E-state index in [0.717, 1.165) is 5.25 Å². The van der Waals surface area contributed by atoms with Crippen LogP contribution in [-0.2, 0) is 0 Å². The van der Waals surface area contributed by atoms with Crippen LogP contribution in [-0.4, -0.2) is 11.0 Å². The van der Waals surface area contributed by atoms with E-state index in [9.17, 15) is 0 Å². The van der Waals surface area contributed by atoms with E-state index in [1.807, 2.05) is 0 Å². The third-order valence-corrected chi connectivity index (χ3v) is 5.58. The minimum Gasteiger partial charge on any atom is -0.0939 e. The molecule has 0 heterocycles. The molecule has 0 rings (SSSR count). The van der Waals surface area contributed by atoms with Crippen molar-refractivity contribution in [2.45, 2.75) is 77.4 Å². The lowest BCUT2D eigenvalue weighted by Gasteiger charge is -2.09. The van der Waals surface area contributed by atoms with Gasteiger partial charge in [-0.05, 0) is 12.8 Å². The summed E-state index contributed by atoms with van der Waals surface area (Å²) in [6.07, 6.45) is 11.2. The third kappa shape index (κ3) is 12.6. The van der Waals surface area contributed by atoms with Gasteiger partial charge in [-0.2, -0.15) is 0 Å². The molecule has 15 heavy (non-hydrogen) atoms. The van der Waals surface area contributed by atoms with Crippen molar-refractivity contribution in [1.82, 2.24) is 0 Å². The molecule has 0 fully saturated rings. The van der Waals surface area contributed by atoms with Gasteiger partial charge in [0.25, 0.3) is 0 Å². The molecule has 0 aliphatic heterocycles. The molecule has 92 valence electrons. The molecule has 0 amide bonds. The van der Waals surface area contributed by atoms with E-state index in [1.54, 1.807) is 0 Å². The highest BCUT2D eigenvalue weighted by Crippen LogP contribution is 2.30. The molecule has 2 heteroatoms. The summed E-state index contributed by atoms with van der Waals surface area (Å²) in [5.74, 6) is 1.35. The number of hydrogen-bond donors (Lipinski definition) is 0. The molecule has 0 aromatic heterocycles. The average Bonchev–Trinajstić information content (AvgIpc) is 2.23. The van der Waals surface area contributed by atoms with Gasteiger partial charge in [0.15, 0.2) is 0 Å². The van der Waals surface area contributed by atoms with Gasteiger partial charge < -0.3 is 0 Å². The smallest absolute Gasteiger partial charge is 0.0123 e. The van der Waals surface area contributed by atoms with Gasteiger partial charge in [0, 0.05) is 11.0 Å². The Labute approximate surface area is 105 Å². The van der Waals surface area contributed by atoms with E-state index in [0.29, 0.717) is 0 Å². The molecular formula is C13H28S2. The fourth-order valence-corrected chi connectivity index (χ4v) is 4.02. The van der Waals surface area contributed by atoms with E-state index in [1.165, 1.54) is 57.1 Å². The van der Waals surface area contributed by atoms with Gasteiger partial charge in [-0.1, -0.05) is 80.9 Å². The molecule has 0 nitrogen and oxygen atoms in total. The van der Waals surface area contributed by atoms with Crippen LogP contribution >= 0.6 is 21.6 Å². The first kappa shape index (κ1) is 15.7. The molecule has 0 aromatic carbocycles. The van der Waals surface area contributed by atoms with Crippen molar-refractivity contribution in [2.24, 2.45) is 0 Å². The minimum atomic E-state index is 0.854. The molecule has 0 aliphatic carbocycles. The highest BCUT2D eigenvalue weighted by Gasteiger charge is 2.02. The number of hydrogen-bond acceptors (Lipinski definition) is 2. The Morgan fingerprint density at radius 2 is 1.53 bits per heavy atom. The quantitative estimate of drug-likeness (QED) is 0.329. The van der Waals surface area contributed by atoms with E-state index in [-0.39, 0.29) is 0 Å². The van der Waals surface area contributed by atoms with E-state index < -0.39 is 0 Å². The average molecular weight is 249 g/mol. The van der Waals surface area contributed by atoms with Crippen LogP contribution in [0.3, 0.4) is 0 Å². The molecule has 0 saturated carbocycles. The summed E-state index contributed by atoms with van der Waals surface area (Å²) in [6.45, 7) is 6.93. The Balaban J connectivity index is 3.06. The SMILES string of the molecule is CCCCCCSSC(C)CCCCC. The molecule has 0 aliphatic rings. The minimum absolute atomic E-state index is 0.854. The predicted molar refractivity (Wildman–Crippen MR) is 77.8 cm³/mol. The summed E-state index contributed by atoms with van der Waals surface area (Å²) in [5.41, 5.74) is 0. The first-order chi connectivity index (χ1) is 7.31. The molecule has 1 atom stereocenters. The predicted octanol–water partition coefficient (Wildman–Crippen LogP) is 5.92. The molecule has 0 N–H and O–H groups in total. The maximum Gasteiger partial charge on any atom is 0.0123 e. The van der Waals surface area contributed by atoms with E-state index >= 15 is 0 Å². The maximum atomic E-state index is 2.37. The van der Waals surface area contributed by atoms with Gasteiger partial charge in [-0.15, -0.1) is 0 Å². The van der Waals surface area contributed by atoms with Crippen LogP contribution in [0.2, 0.25) is 0 Å². The lowest BCUT2D eigenvalue weighted by molar-refractivity contribution is 0.665. The van der Waals surface area contributed by atoms with Crippen LogP contribution in [0.1, 0.15) is 72.1 Å². The second kappa shape index (κ2) is 12.8. The molecule has 0 spiro atoms. The summed E-state index contributed by atoms with van der Waals surface area (Å²) >= 11 is 0. The summed E-state index contributed by atoms with van der Waals surface area (Å²) in [6, 6.07) is 0. The Hall–Kier alpha value is 0.700. The second-order valence-corrected chi connectivity index (χ2v) is 7.21. The van der Waals surface area contributed by atoms with E-state index in [2.05, 4.69) is 42.4 Å². The topological polar surface area (TPSA) is 0 Å². The standard InChI is InChI=1S/C13H28S2/c1-4-6-8-10-12-14-15-13(3)11-9-7-5-2/h13H,4-12H2,1-3H3. The zero-order valence-corrected chi connectivity index (χ0v) is 12.4. The molecule has 0 radical (unpaired) electrons.